The van der Waals surface area contributed by atoms with Gasteiger partial charge >= 0.3 is 5.97 Å². The molecule has 6 nitrogen and oxygen atoms in total. The molecule has 0 aromatic heterocycles. The Morgan fingerprint density at radius 2 is 1.77 bits per heavy atom. The molecule has 1 N–H and O–H groups in total. The lowest BCUT2D eigenvalue weighted by Gasteiger charge is -2.37. The second-order valence-electron chi connectivity index (χ2n) is 9.12. The van der Waals surface area contributed by atoms with E-state index in [4.69, 9.17) is 14.2 Å². The molecule has 2 aliphatic rings. The van der Waals surface area contributed by atoms with E-state index in [1.807, 2.05) is 63.2 Å². The molecule has 0 unspecified atom stereocenters. The quantitative estimate of drug-likeness (QED) is 0.546. The van der Waals surface area contributed by atoms with Crippen LogP contribution in [0, 0.1) is 6.92 Å². The zero-order valence-electron chi connectivity index (χ0n) is 21.1. The number of carbonyl (C=O) groups is 2. The van der Waals surface area contributed by atoms with Crippen LogP contribution in [0.5, 0.6) is 11.5 Å². The van der Waals surface area contributed by atoms with Crippen molar-refractivity contribution < 1.29 is 23.8 Å². The minimum Gasteiger partial charge on any atom is -0.493 e. The minimum atomic E-state index is -0.448. The standard InChI is InChI=1S/C29H33NO5/c1-6-13-35-29(32)26-18(3)30-22-14-20(19-11-12-24(33-4)25(16-19)34-5)15-23(31)28(22)27(26)21-10-8-7-9-17(21)2/h7-12,16,20,27,30H,6,13-15H2,1-5H3/t20-,27-/m0/s1. The molecular weight excluding hydrogens is 442 g/mol. The number of benzene rings is 2. The Hall–Kier alpha value is -3.54. The number of ketones is 1. The van der Waals surface area contributed by atoms with E-state index < -0.39 is 5.92 Å². The molecule has 1 heterocycles. The molecule has 2 atom stereocenters. The second-order valence-corrected chi connectivity index (χ2v) is 9.12. The van der Waals surface area contributed by atoms with Gasteiger partial charge in [-0.3, -0.25) is 4.79 Å². The number of aryl methyl sites for hydroxylation is 1. The van der Waals surface area contributed by atoms with Gasteiger partial charge in [0.1, 0.15) is 0 Å². The second kappa shape index (κ2) is 10.4. The van der Waals surface area contributed by atoms with Crippen molar-refractivity contribution in [2.75, 3.05) is 20.8 Å². The van der Waals surface area contributed by atoms with Crippen molar-refractivity contribution in [2.45, 2.75) is 51.9 Å². The fourth-order valence-corrected chi connectivity index (χ4v) is 5.15. The summed E-state index contributed by atoms with van der Waals surface area (Å²) in [6.07, 6.45) is 1.75. The van der Waals surface area contributed by atoms with E-state index in [2.05, 4.69) is 5.32 Å². The third kappa shape index (κ3) is 4.70. The SMILES string of the molecule is CCCOC(=O)C1=C(C)NC2=C(C(=O)C[C@@H](c3ccc(OC)c(OC)c3)C2)[C@H]1c1ccccc1C. The Labute approximate surface area is 207 Å². The molecule has 2 aromatic rings. The molecule has 1 aliphatic carbocycles. The number of dihydropyridines is 1. The summed E-state index contributed by atoms with van der Waals surface area (Å²) in [7, 11) is 3.21. The van der Waals surface area contributed by atoms with Gasteiger partial charge in [0.25, 0.3) is 0 Å². The van der Waals surface area contributed by atoms with Gasteiger partial charge in [0, 0.05) is 29.3 Å². The fraction of sp³-hybridized carbons (Fsp3) is 0.379. The molecule has 0 fully saturated rings. The van der Waals surface area contributed by atoms with Crippen molar-refractivity contribution in [1.82, 2.24) is 5.32 Å². The van der Waals surface area contributed by atoms with Crippen molar-refractivity contribution in [2.24, 2.45) is 0 Å². The smallest absolute Gasteiger partial charge is 0.336 e. The first kappa shape index (κ1) is 24.6. The first-order chi connectivity index (χ1) is 16.9. The van der Waals surface area contributed by atoms with Crippen LogP contribution in [0.3, 0.4) is 0 Å². The highest BCUT2D eigenvalue weighted by molar-refractivity contribution is 6.04. The Morgan fingerprint density at radius 3 is 2.46 bits per heavy atom. The van der Waals surface area contributed by atoms with Gasteiger partial charge in [0.05, 0.1) is 26.4 Å². The van der Waals surface area contributed by atoms with Gasteiger partial charge < -0.3 is 19.5 Å². The van der Waals surface area contributed by atoms with E-state index in [-0.39, 0.29) is 17.7 Å². The molecule has 0 radical (unpaired) electrons. The summed E-state index contributed by atoms with van der Waals surface area (Å²) >= 11 is 0. The van der Waals surface area contributed by atoms with E-state index in [0.29, 0.717) is 42.1 Å². The van der Waals surface area contributed by atoms with Gasteiger partial charge in [-0.1, -0.05) is 37.3 Å². The third-order valence-electron chi connectivity index (χ3n) is 6.86. The van der Waals surface area contributed by atoms with Crippen molar-refractivity contribution in [3.8, 4) is 11.5 Å². The van der Waals surface area contributed by atoms with Gasteiger partial charge in [0.2, 0.25) is 0 Å². The number of ether oxygens (including phenoxy) is 3. The van der Waals surface area contributed by atoms with Crippen LogP contribution in [-0.2, 0) is 14.3 Å². The van der Waals surface area contributed by atoms with E-state index in [1.165, 1.54) is 0 Å². The Kier molecular flexibility index (Phi) is 7.29. The van der Waals surface area contributed by atoms with Crippen molar-refractivity contribution in [3.63, 3.8) is 0 Å². The van der Waals surface area contributed by atoms with Crippen LogP contribution in [0.25, 0.3) is 0 Å². The number of methoxy groups -OCH3 is 2. The number of hydrogen-bond donors (Lipinski definition) is 1. The predicted octanol–water partition coefficient (Wildman–Crippen LogP) is 5.33. The van der Waals surface area contributed by atoms with Gasteiger partial charge in [-0.25, -0.2) is 4.79 Å². The summed E-state index contributed by atoms with van der Waals surface area (Å²) in [6.45, 7) is 6.22. The first-order valence-corrected chi connectivity index (χ1v) is 12.1. The van der Waals surface area contributed by atoms with E-state index >= 15 is 0 Å². The Bertz CT molecular complexity index is 1210. The molecule has 0 saturated heterocycles. The molecule has 6 heteroatoms. The molecule has 0 spiro atoms. The highest BCUT2D eigenvalue weighted by Gasteiger charge is 2.41. The predicted molar refractivity (Wildman–Crippen MR) is 135 cm³/mol. The number of Topliss-reactive ketones (excluding diaryl/α,β-unsaturated/α-hetero) is 1. The average Bonchev–Trinajstić information content (AvgIpc) is 2.86. The third-order valence-corrected chi connectivity index (χ3v) is 6.86. The highest BCUT2D eigenvalue weighted by Crippen LogP contribution is 2.47. The lowest BCUT2D eigenvalue weighted by molar-refractivity contribution is -0.139. The normalized spacial score (nSPS) is 19.7. The summed E-state index contributed by atoms with van der Waals surface area (Å²) in [5.41, 5.74) is 5.82. The Balaban J connectivity index is 1.77. The van der Waals surface area contributed by atoms with E-state index in [0.717, 1.165) is 34.5 Å². The number of rotatable bonds is 7. The molecule has 2 aromatic carbocycles. The molecule has 4 rings (SSSR count). The first-order valence-electron chi connectivity index (χ1n) is 12.1. The molecule has 35 heavy (non-hydrogen) atoms. The van der Waals surface area contributed by atoms with Crippen LogP contribution >= 0.6 is 0 Å². The van der Waals surface area contributed by atoms with Crippen LogP contribution in [0.4, 0.5) is 0 Å². The summed E-state index contributed by atoms with van der Waals surface area (Å²) in [5, 5.41) is 3.41. The lowest BCUT2D eigenvalue weighted by atomic mass is 9.71. The summed E-state index contributed by atoms with van der Waals surface area (Å²) in [5.74, 6) is 0.515. The van der Waals surface area contributed by atoms with Crippen LogP contribution in [0.2, 0.25) is 0 Å². The largest absolute Gasteiger partial charge is 0.493 e. The zero-order chi connectivity index (χ0) is 25.1. The number of esters is 1. The minimum absolute atomic E-state index is 0.00697. The van der Waals surface area contributed by atoms with Crippen LogP contribution < -0.4 is 14.8 Å². The summed E-state index contributed by atoms with van der Waals surface area (Å²) in [4.78, 5) is 26.9. The zero-order valence-corrected chi connectivity index (χ0v) is 21.1. The summed E-state index contributed by atoms with van der Waals surface area (Å²) < 4.78 is 16.4. The number of carbonyl (C=O) groups excluding carboxylic acids is 2. The van der Waals surface area contributed by atoms with Crippen molar-refractivity contribution in [3.05, 3.63) is 81.7 Å². The van der Waals surface area contributed by atoms with E-state index in [1.54, 1.807) is 14.2 Å². The van der Waals surface area contributed by atoms with Crippen molar-refractivity contribution in [1.29, 1.82) is 0 Å². The fourth-order valence-electron chi connectivity index (χ4n) is 5.15. The maximum absolute atomic E-state index is 13.7. The number of allylic oxidation sites excluding steroid dienone is 3. The maximum Gasteiger partial charge on any atom is 0.336 e. The molecule has 0 saturated carbocycles. The van der Waals surface area contributed by atoms with Gasteiger partial charge in [-0.15, -0.1) is 0 Å². The van der Waals surface area contributed by atoms with Gasteiger partial charge in [-0.2, -0.15) is 0 Å². The topological polar surface area (TPSA) is 73.9 Å². The molecular formula is C29H33NO5. The highest BCUT2D eigenvalue weighted by atomic mass is 16.5. The van der Waals surface area contributed by atoms with Crippen LogP contribution in [0.1, 0.15) is 61.6 Å². The summed E-state index contributed by atoms with van der Waals surface area (Å²) in [6, 6.07) is 13.7. The van der Waals surface area contributed by atoms with Gasteiger partial charge in [0.15, 0.2) is 17.3 Å². The lowest BCUT2D eigenvalue weighted by Crippen LogP contribution is -2.36. The number of nitrogens with one attached hydrogen (secondary N) is 1. The monoisotopic (exact) mass is 475 g/mol. The Morgan fingerprint density at radius 1 is 1.03 bits per heavy atom. The number of hydrogen-bond acceptors (Lipinski definition) is 6. The molecule has 0 amide bonds. The van der Waals surface area contributed by atoms with Crippen LogP contribution in [0.15, 0.2) is 65.0 Å². The average molecular weight is 476 g/mol. The van der Waals surface area contributed by atoms with E-state index in [9.17, 15) is 9.59 Å². The maximum atomic E-state index is 13.7. The molecule has 184 valence electrons. The van der Waals surface area contributed by atoms with Gasteiger partial charge in [-0.05, 0) is 61.4 Å². The van der Waals surface area contributed by atoms with Crippen LogP contribution in [-0.4, -0.2) is 32.6 Å². The molecule has 1 aliphatic heterocycles. The molecule has 0 bridgehead atoms. The van der Waals surface area contributed by atoms with Crippen molar-refractivity contribution >= 4 is 11.8 Å².